The van der Waals surface area contributed by atoms with Crippen molar-refractivity contribution in [2.75, 3.05) is 13.1 Å². The van der Waals surface area contributed by atoms with Gasteiger partial charge in [0.2, 0.25) is 5.91 Å². The molecular weight excluding hydrogens is 286 g/mol. The molecule has 2 atom stereocenters. The summed E-state index contributed by atoms with van der Waals surface area (Å²) in [5, 5.41) is 3.77. The molecule has 1 saturated heterocycles. The molecule has 0 unspecified atom stereocenters. The molecule has 1 aromatic rings. The first-order valence-corrected chi connectivity index (χ1v) is 9.22. The van der Waals surface area contributed by atoms with E-state index in [0.29, 0.717) is 23.9 Å². The summed E-state index contributed by atoms with van der Waals surface area (Å²) in [7, 11) is 0. The topological polar surface area (TPSA) is 45.2 Å². The Balaban J connectivity index is 1.56. The largest absolute Gasteiger partial charge is 0.341 e. The highest BCUT2D eigenvalue weighted by atomic mass is 16.2. The number of pyridine rings is 1. The van der Waals surface area contributed by atoms with E-state index in [-0.39, 0.29) is 0 Å². The molecular formula is C19H29N3O. The van der Waals surface area contributed by atoms with Crippen LogP contribution < -0.4 is 5.32 Å². The Kier molecular flexibility index (Phi) is 5.65. The number of nitrogens with one attached hydrogen (secondary N) is 1. The van der Waals surface area contributed by atoms with Gasteiger partial charge in [0, 0.05) is 43.5 Å². The third kappa shape index (κ3) is 4.11. The summed E-state index contributed by atoms with van der Waals surface area (Å²) in [6.07, 6.45) is 11.8. The lowest BCUT2D eigenvalue weighted by Gasteiger charge is -2.24. The number of carbonyl (C=O) groups is 1. The molecule has 0 aromatic carbocycles. The Morgan fingerprint density at radius 2 is 2.22 bits per heavy atom. The summed E-state index contributed by atoms with van der Waals surface area (Å²) < 4.78 is 0. The molecule has 1 aliphatic carbocycles. The highest BCUT2D eigenvalue weighted by molar-refractivity contribution is 5.79. The molecule has 4 heteroatoms. The van der Waals surface area contributed by atoms with Gasteiger partial charge in [-0.3, -0.25) is 9.78 Å². The van der Waals surface area contributed by atoms with Crippen molar-refractivity contribution in [2.24, 2.45) is 5.92 Å². The second-order valence-electron chi connectivity index (χ2n) is 7.05. The van der Waals surface area contributed by atoms with Gasteiger partial charge < -0.3 is 10.2 Å². The van der Waals surface area contributed by atoms with Crippen molar-refractivity contribution in [3.8, 4) is 0 Å². The van der Waals surface area contributed by atoms with Gasteiger partial charge in [-0.25, -0.2) is 0 Å². The van der Waals surface area contributed by atoms with E-state index in [1.165, 1.54) is 18.4 Å². The Morgan fingerprint density at radius 3 is 2.91 bits per heavy atom. The van der Waals surface area contributed by atoms with Gasteiger partial charge in [-0.2, -0.15) is 0 Å². The number of hydrogen-bond acceptors (Lipinski definition) is 3. The third-order valence-corrected chi connectivity index (χ3v) is 5.31. The maximum absolute atomic E-state index is 12.6. The van der Waals surface area contributed by atoms with E-state index in [1.807, 2.05) is 18.5 Å². The number of carbonyl (C=O) groups excluding carboxylic acids is 1. The second-order valence-corrected chi connectivity index (χ2v) is 7.05. The van der Waals surface area contributed by atoms with Crippen molar-refractivity contribution in [1.82, 2.24) is 15.2 Å². The van der Waals surface area contributed by atoms with E-state index in [0.717, 1.165) is 45.2 Å². The van der Waals surface area contributed by atoms with E-state index >= 15 is 0 Å². The minimum Gasteiger partial charge on any atom is -0.341 e. The molecule has 2 heterocycles. The maximum atomic E-state index is 12.6. The van der Waals surface area contributed by atoms with Gasteiger partial charge in [-0.05, 0) is 37.3 Å². The highest BCUT2D eigenvalue weighted by Crippen LogP contribution is 2.28. The molecule has 2 aliphatic rings. The zero-order valence-electron chi connectivity index (χ0n) is 14.2. The number of hydrogen-bond donors (Lipinski definition) is 1. The van der Waals surface area contributed by atoms with E-state index in [1.54, 1.807) is 0 Å². The van der Waals surface area contributed by atoms with Crippen molar-refractivity contribution in [3.05, 3.63) is 30.1 Å². The lowest BCUT2D eigenvalue weighted by molar-refractivity contribution is -0.134. The predicted octanol–water partition coefficient (Wildman–Crippen LogP) is 3.30. The van der Waals surface area contributed by atoms with Crippen LogP contribution in [-0.4, -0.2) is 34.9 Å². The lowest BCUT2D eigenvalue weighted by atomic mass is 10.0. The predicted molar refractivity (Wildman–Crippen MR) is 92.0 cm³/mol. The smallest absolute Gasteiger partial charge is 0.225 e. The normalized spacial score (nSPS) is 23.3. The third-order valence-electron chi connectivity index (χ3n) is 5.31. The van der Waals surface area contributed by atoms with E-state index in [9.17, 15) is 4.79 Å². The van der Waals surface area contributed by atoms with E-state index in [2.05, 4.69) is 28.2 Å². The molecule has 23 heavy (non-hydrogen) atoms. The monoisotopic (exact) mass is 315 g/mol. The number of amides is 1. The summed E-state index contributed by atoms with van der Waals surface area (Å²) in [5.74, 6) is 0.707. The fraction of sp³-hybridized carbons (Fsp3) is 0.684. The second kappa shape index (κ2) is 7.91. The Morgan fingerprint density at radius 1 is 1.39 bits per heavy atom. The first-order chi connectivity index (χ1) is 11.3. The van der Waals surface area contributed by atoms with Gasteiger partial charge in [0.15, 0.2) is 0 Å². The number of rotatable bonds is 6. The van der Waals surface area contributed by atoms with Gasteiger partial charge >= 0.3 is 0 Å². The van der Waals surface area contributed by atoms with Crippen molar-refractivity contribution in [2.45, 2.75) is 64.0 Å². The van der Waals surface area contributed by atoms with Crippen LogP contribution in [0.1, 0.15) is 63.5 Å². The van der Waals surface area contributed by atoms with E-state index < -0.39 is 0 Å². The van der Waals surface area contributed by atoms with Crippen molar-refractivity contribution in [1.29, 1.82) is 0 Å². The molecule has 3 rings (SSSR count). The molecule has 1 N–H and O–H groups in total. The van der Waals surface area contributed by atoms with Gasteiger partial charge in [-0.15, -0.1) is 0 Å². The van der Waals surface area contributed by atoms with Crippen LogP contribution in [0.15, 0.2) is 24.5 Å². The molecule has 0 spiro atoms. The molecule has 1 aromatic heterocycles. The van der Waals surface area contributed by atoms with Crippen LogP contribution in [0, 0.1) is 5.92 Å². The van der Waals surface area contributed by atoms with Crippen LogP contribution in [-0.2, 0) is 4.79 Å². The van der Waals surface area contributed by atoms with Gasteiger partial charge in [0.05, 0.1) is 0 Å². The van der Waals surface area contributed by atoms with Crippen molar-refractivity contribution >= 4 is 5.91 Å². The minimum atomic E-state index is 0.304. The summed E-state index contributed by atoms with van der Waals surface area (Å²) in [6.45, 7) is 4.00. The van der Waals surface area contributed by atoms with Crippen LogP contribution in [0.4, 0.5) is 0 Å². The van der Waals surface area contributed by atoms with Crippen LogP contribution in [0.3, 0.4) is 0 Å². The Labute approximate surface area is 139 Å². The van der Waals surface area contributed by atoms with Crippen molar-refractivity contribution < 1.29 is 4.79 Å². The highest BCUT2D eigenvalue weighted by Gasteiger charge is 2.32. The fourth-order valence-corrected chi connectivity index (χ4v) is 4.03. The summed E-state index contributed by atoms with van der Waals surface area (Å²) >= 11 is 0. The quantitative estimate of drug-likeness (QED) is 0.876. The summed E-state index contributed by atoms with van der Waals surface area (Å²) in [6, 6.07) is 4.92. The number of aromatic nitrogens is 1. The van der Waals surface area contributed by atoms with Gasteiger partial charge in [0.1, 0.15) is 0 Å². The molecule has 0 radical (unpaired) electrons. The van der Waals surface area contributed by atoms with Crippen LogP contribution in [0.5, 0.6) is 0 Å². The number of nitrogens with zero attached hydrogens (tertiary/aromatic N) is 2. The Hall–Kier alpha value is -1.42. The van der Waals surface area contributed by atoms with E-state index in [4.69, 9.17) is 0 Å². The molecule has 1 amide bonds. The lowest BCUT2D eigenvalue weighted by Crippen LogP contribution is -2.38. The van der Waals surface area contributed by atoms with Crippen LogP contribution in [0.2, 0.25) is 0 Å². The minimum absolute atomic E-state index is 0.304. The SMILES string of the molecule is CCC[C@@H](N[C@@H]1CCN(C(=O)C2CCCC2)C1)c1cccnc1. The molecule has 1 aliphatic heterocycles. The molecule has 1 saturated carbocycles. The molecule has 2 fully saturated rings. The van der Waals surface area contributed by atoms with Gasteiger partial charge in [0.25, 0.3) is 0 Å². The average molecular weight is 315 g/mol. The number of likely N-dealkylation sites (tertiary alicyclic amines) is 1. The van der Waals surface area contributed by atoms with Crippen molar-refractivity contribution in [3.63, 3.8) is 0 Å². The first kappa shape index (κ1) is 16.4. The maximum Gasteiger partial charge on any atom is 0.225 e. The summed E-state index contributed by atoms with van der Waals surface area (Å²) in [4.78, 5) is 18.9. The van der Waals surface area contributed by atoms with Crippen LogP contribution in [0.25, 0.3) is 0 Å². The zero-order valence-corrected chi connectivity index (χ0v) is 14.2. The standard InChI is InChI=1S/C19H29N3O/c1-2-6-18(16-9-5-11-20-13-16)21-17-10-12-22(14-17)19(23)15-7-3-4-8-15/h5,9,11,13,15,17-18,21H,2-4,6-8,10,12,14H2,1H3/t17-,18-/m1/s1. The zero-order chi connectivity index (χ0) is 16.1. The first-order valence-electron chi connectivity index (χ1n) is 9.22. The molecule has 4 nitrogen and oxygen atoms in total. The molecule has 0 bridgehead atoms. The van der Waals surface area contributed by atoms with Gasteiger partial charge in [-0.1, -0.05) is 32.3 Å². The average Bonchev–Trinajstić information content (AvgIpc) is 3.27. The Bertz CT molecular complexity index is 499. The molecule has 126 valence electrons. The van der Waals surface area contributed by atoms with Crippen LogP contribution >= 0.6 is 0 Å². The summed E-state index contributed by atoms with van der Waals surface area (Å²) in [5.41, 5.74) is 1.26. The fourth-order valence-electron chi connectivity index (χ4n) is 4.03.